The summed E-state index contributed by atoms with van der Waals surface area (Å²) in [4.78, 5) is 6.99. The number of aromatic nitrogens is 1. The van der Waals surface area contributed by atoms with E-state index in [1.807, 2.05) is 18.2 Å². The minimum absolute atomic E-state index is 0.0672. The highest BCUT2D eigenvalue weighted by atomic mass is 35.5. The number of hydrogen-bond donors (Lipinski definition) is 0. The average molecular weight is 369 g/mol. The Hall–Kier alpha value is -2.14. The predicted molar refractivity (Wildman–Crippen MR) is 104 cm³/mol. The van der Waals surface area contributed by atoms with E-state index < -0.39 is 0 Å². The van der Waals surface area contributed by atoms with Crippen molar-refractivity contribution in [2.45, 2.75) is 6.04 Å². The van der Waals surface area contributed by atoms with Crippen molar-refractivity contribution >= 4 is 22.5 Å². The van der Waals surface area contributed by atoms with Crippen molar-refractivity contribution in [3.05, 3.63) is 70.9 Å². The van der Waals surface area contributed by atoms with Gasteiger partial charge >= 0.3 is 0 Å². The van der Waals surface area contributed by atoms with Gasteiger partial charge in [-0.3, -0.25) is 9.88 Å². The molecule has 2 heterocycles. The molecule has 0 amide bonds. The van der Waals surface area contributed by atoms with Crippen LogP contribution in [0.3, 0.4) is 0 Å². The van der Waals surface area contributed by atoms with E-state index in [-0.39, 0.29) is 6.04 Å². The smallest absolute Gasteiger partial charge is 0.150 e. The van der Waals surface area contributed by atoms with Gasteiger partial charge in [0.25, 0.3) is 0 Å². The van der Waals surface area contributed by atoms with Gasteiger partial charge in [-0.25, -0.2) is 0 Å². The first-order valence-corrected chi connectivity index (χ1v) is 9.14. The van der Waals surface area contributed by atoms with Gasteiger partial charge in [0.15, 0.2) is 0 Å². The van der Waals surface area contributed by atoms with E-state index in [1.54, 1.807) is 13.3 Å². The van der Waals surface area contributed by atoms with Crippen LogP contribution >= 0.6 is 11.6 Å². The van der Waals surface area contributed by atoms with Gasteiger partial charge in [-0.05, 0) is 23.8 Å². The molecule has 4 nitrogen and oxygen atoms in total. The van der Waals surface area contributed by atoms with Gasteiger partial charge in [0, 0.05) is 35.3 Å². The summed E-state index contributed by atoms with van der Waals surface area (Å²) in [5, 5.41) is 1.81. The highest BCUT2D eigenvalue weighted by molar-refractivity contribution is 6.30. The monoisotopic (exact) mass is 368 g/mol. The lowest BCUT2D eigenvalue weighted by atomic mass is 9.94. The van der Waals surface area contributed by atoms with Crippen molar-refractivity contribution < 1.29 is 9.47 Å². The van der Waals surface area contributed by atoms with Crippen molar-refractivity contribution in [2.75, 3.05) is 33.4 Å². The third kappa shape index (κ3) is 3.28. The van der Waals surface area contributed by atoms with Crippen molar-refractivity contribution in [3.63, 3.8) is 0 Å². The van der Waals surface area contributed by atoms with Gasteiger partial charge in [-0.15, -0.1) is 0 Å². The Morgan fingerprint density at radius 1 is 1.08 bits per heavy atom. The quantitative estimate of drug-likeness (QED) is 0.687. The van der Waals surface area contributed by atoms with Gasteiger partial charge in [0.05, 0.1) is 26.4 Å². The first-order valence-electron chi connectivity index (χ1n) is 8.77. The molecule has 1 unspecified atom stereocenters. The summed E-state index contributed by atoms with van der Waals surface area (Å²) in [6.07, 6.45) is 1.81. The number of halogens is 1. The third-order valence-corrected chi connectivity index (χ3v) is 5.11. The van der Waals surface area contributed by atoms with Crippen LogP contribution in [-0.4, -0.2) is 43.3 Å². The van der Waals surface area contributed by atoms with Crippen molar-refractivity contribution in [3.8, 4) is 5.75 Å². The number of methoxy groups -OCH3 is 1. The Balaban J connectivity index is 1.88. The molecule has 0 aliphatic carbocycles. The molecule has 1 saturated heterocycles. The highest BCUT2D eigenvalue weighted by Crippen LogP contribution is 2.39. The Kier molecular flexibility index (Phi) is 5.07. The van der Waals surface area contributed by atoms with Gasteiger partial charge in [0.2, 0.25) is 0 Å². The van der Waals surface area contributed by atoms with E-state index in [9.17, 15) is 0 Å². The maximum atomic E-state index is 6.12. The molecule has 0 bridgehead atoms. The SMILES string of the molecule is COc1c(C(c2ccc(Cl)cc2)N2CCOCC2)ccc2cccnc12. The fourth-order valence-corrected chi connectivity index (χ4v) is 3.76. The zero-order chi connectivity index (χ0) is 17.9. The van der Waals surface area contributed by atoms with Crippen molar-refractivity contribution in [1.29, 1.82) is 0 Å². The first-order chi connectivity index (χ1) is 12.8. The average Bonchev–Trinajstić information content (AvgIpc) is 2.70. The summed E-state index contributed by atoms with van der Waals surface area (Å²) >= 11 is 6.12. The van der Waals surface area contributed by atoms with Crippen LogP contribution in [-0.2, 0) is 4.74 Å². The summed E-state index contributed by atoms with van der Waals surface area (Å²) in [5.41, 5.74) is 3.19. The van der Waals surface area contributed by atoms with E-state index in [2.05, 4.69) is 40.2 Å². The van der Waals surface area contributed by atoms with Gasteiger partial charge in [0.1, 0.15) is 11.3 Å². The molecule has 4 rings (SSSR count). The van der Waals surface area contributed by atoms with E-state index in [4.69, 9.17) is 21.1 Å². The van der Waals surface area contributed by atoms with E-state index in [1.165, 1.54) is 5.56 Å². The molecule has 0 N–H and O–H groups in total. The minimum Gasteiger partial charge on any atom is -0.494 e. The highest BCUT2D eigenvalue weighted by Gasteiger charge is 2.28. The molecular weight excluding hydrogens is 348 g/mol. The molecule has 1 aromatic heterocycles. The van der Waals surface area contributed by atoms with Crippen LogP contribution in [0.15, 0.2) is 54.7 Å². The molecule has 1 aliphatic rings. The van der Waals surface area contributed by atoms with E-state index >= 15 is 0 Å². The summed E-state index contributed by atoms with van der Waals surface area (Å²) in [6, 6.07) is 16.4. The summed E-state index contributed by atoms with van der Waals surface area (Å²) < 4.78 is 11.4. The van der Waals surface area contributed by atoms with E-state index in [0.29, 0.717) is 0 Å². The number of ether oxygens (including phenoxy) is 2. The standard InChI is InChI=1S/C21H21ClN2O2/c1-25-21-18(9-6-15-3-2-10-23-19(15)21)20(24-11-13-26-14-12-24)16-4-7-17(22)8-5-16/h2-10,20H,11-14H2,1H3. The van der Waals surface area contributed by atoms with Crippen LogP contribution in [0.25, 0.3) is 10.9 Å². The summed E-state index contributed by atoms with van der Waals surface area (Å²) in [7, 11) is 1.71. The van der Waals surface area contributed by atoms with Gasteiger partial charge in [-0.2, -0.15) is 0 Å². The fourth-order valence-electron chi connectivity index (χ4n) is 3.63. The molecule has 0 saturated carbocycles. The van der Waals surface area contributed by atoms with Crippen LogP contribution in [0.2, 0.25) is 5.02 Å². The van der Waals surface area contributed by atoms with Crippen molar-refractivity contribution in [1.82, 2.24) is 9.88 Å². The lowest BCUT2D eigenvalue weighted by Crippen LogP contribution is -2.39. The largest absolute Gasteiger partial charge is 0.494 e. The van der Waals surface area contributed by atoms with E-state index in [0.717, 1.165) is 53.5 Å². The number of rotatable bonds is 4. The summed E-state index contributed by atoms with van der Waals surface area (Å²) in [6.45, 7) is 3.21. The number of fused-ring (bicyclic) bond motifs is 1. The maximum absolute atomic E-state index is 6.12. The predicted octanol–water partition coefficient (Wildman–Crippen LogP) is 4.32. The normalized spacial score (nSPS) is 16.5. The molecule has 5 heteroatoms. The van der Waals surface area contributed by atoms with Crippen LogP contribution in [0, 0.1) is 0 Å². The number of hydrogen-bond acceptors (Lipinski definition) is 4. The maximum Gasteiger partial charge on any atom is 0.150 e. The number of benzene rings is 2. The Labute approximate surface area is 158 Å². The first kappa shape index (κ1) is 17.3. The molecule has 0 spiro atoms. The molecule has 3 aromatic rings. The van der Waals surface area contributed by atoms with Gasteiger partial charge in [-0.1, -0.05) is 41.9 Å². The third-order valence-electron chi connectivity index (χ3n) is 4.85. The molecule has 1 fully saturated rings. The molecule has 0 radical (unpaired) electrons. The lowest BCUT2D eigenvalue weighted by molar-refractivity contribution is 0.0236. The zero-order valence-corrected chi connectivity index (χ0v) is 15.4. The lowest BCUT2D eigenvalue weighted by Gasteiger charge is -2.35. The number of nitrogens with zero attached hydrogens (tertiary/aromatic N) is 2. The Morgan fingerprint density at radius 2 is 1.85 bits per heavy atom. The van der Waals surface area contributed by atoms with Crippen LogP contribution < -0.4 is 4.74 Å². The molecule has 26 heavy (non-hydrogen) atoms. The number of pyridine rings is 1. The van der Waals surface area contributed by atoms with Crippen LogP contribution in [0.5, 0.6) is 5.75 Å². The second kappa shape index (κ2) is 7.62. The second-order valence-corrected chi connectivity index (χ2v) is 6.80. The summed E-state index contributed by atoms with van der Waals surface area (Å²) in [5.74, 6) is 0.828. The fraction of sp³-hybridized carbons (Fsp3) is 0.286. The molecule has 1 aliphatic heterocycles. The molecular formula is C21H21ClN2O2. The second-order valence-electron chi connectivity index (χ2n) is 6.37. The van der Waals surface area contributed by atoms with Crippen LogP contribution in [0.4, 0.5) is 0 Å². The van der Waals surface area contributed by atoms with Crippen molar-refractivity contribution in [2.24, 2.45) is 0 Å². The zero-order valence-electron chi connectivity index (χ0n) is 14.7. The Bertz CT molecular complexity index is 892. The van der Waals surface area contributed by atoms with Crippen LogP contribution in [0.1, 0.15) is 17.2 Å². The molecule has 2 aromatic carbocycles. The number of morpholine rings is 1. The Morgan fingerprint density at radius 3 is 2.58 bits per heavy atom. The topological polar surface area (TPSA) is 34.6 Å². The molecule has 134 valence electrons. The molecule has 1 atom stereocenters. The minimum atomic E-state index is 0.0672. The van der Waals surface area contributed by atoms with Gasteiger partial charge < -0.3 is 9.47 Å².